The molecule has 1 atom stereocenters. The van der Waals surface area contributed by atoms with E-state index in [1.165, 1.54) is 19.1 Å². The van der Waals surface area contributed by atoms with Crippen LogP contribution in [0.25, 0.3) is 0 Å². The number of ether oxygens (including phenoxy) is 1. The van der Waals surface area contributed by atoms with Gasteiger partial charge in [-0.3, -0.25) is 9.59 Å². The van der Waals surface area contributed by atoms with Gasteiger partial charge in [0.1, 0.15) is 0 Å². The number of alkyl halides is 3. The van der Waals surface area contributed by atoms with E-state index in [0.717, 1.165) is 30.5 Å². The van der Waals surface area contributed by atoms with Crippen LogP contribution >= 0.6 is 0 Å². The number of likely N-dealkylation sites (tertiary alicyclic amines) is 1. The number of hydrogen-bond donors (Lipinski definition) is 0. The Morgan fingerprint density at radius 1 is 1.03 bits per heavy atom. The Labute approximate surface area is 173 Å². The molecule has 1 unspecified atom stereocenters. The molecule has 2 aromatic carbocycles. The van der Waals surface area contributed by atoms with Crippen molar-refractivity contribution in [1.82, 2.24) is 4.90 Å². The molecule has 30 heavy (non-hydrogen) atoms. The summed E-state index contributed by atoms with van der Waals surface area (Å²) in [5, 5.41) is 0. The fourth-order valence-electron chi connectivity index (χ4n) is 3.74. The summed E-state index contributed by atoms with van der Waals surface area (Å²) in [6.45, 7) is 2.32. The highest BCUT2D eigenvalue weighted by atomic mass is 19.4. The molecule has 7 heteroatoms. The van der Waals surface area contributed by atoms with Crippen LogP contribution in [0.3, 0.4) is 0 Å². The molecule has 1 saturated heterocycles. The van der Waals surface area contributed by atoms with E-state index in [9.17, 15) is 22.8 Å². The molecule has 0 radical (unpaired) electrons. The minimum absolute atomic E-state index is 0.246. The van der Waals surface area contributed by atoms with Crippen LogP contribution in [-0.2, 0) is 26.9 Å². The summed E-state index contributed by atoms with van der Waals surface area (Å²) in [5.41, 5.74) is 0.837. The topological polar surface area (TPSA) is 46.6 Å². The van der Waals surface area contributed by atoms with Crippen molar-refractivity contribution in [3.05, 3.63) is 71.3 Å². The van der Waals surface area contributed by atoms with Crippen LogP contribution in [0, 0.1) is 5.92 Å². The van der Waals surface area contributed by atoms with Gasteiger partial charge in [-0.2, -0.15) is 13.2 Å². The van der Waals surface area contributed by atoms with Crippen LogP contribution in [0.15, 0.2) is 54.6 Å². The molecule has 160 valence electrons. The lowest BCUT2D eigenvalue weighted by Crippen LogP contribution is -2.42. The molecule has 0 saturated carbocycles. The van der Waals surface area contributed by atoms with Crippen molar-refractivity contribution < 1.29 is 27.5 Å². The molecule has 0 N–H and O–H groups in total. The monoisotopic (exact) mass is 419 g/mol. The van der Waals surface area contributed by atoms with Gasteiger partial charge in [0, 0.05) is 25.6 Å². The third kappa shape index (κ3) is 5.62. The van der Waals surface area contributed by atoms with Crippen molar-refractivity contribution in [3.8, 4) is 0 Å². The average Bonchev–Trinajstić information content (AvgIpc) is 2.72. The first-order valence-corrected chi connectivity index (χ1v) is 9.91. The van der Waals surface area contributed by atoms with Gasteiger partial charge in [-0.1, -0.05) is 42.5 Å². The summed E-state index contributed by atoms with van der Waals surface area (Å²) in [6.07, 6.45) is -3.13. The SMILES string of the molecule is CC(=O)OC(C(=O)N1CCC(Cc2ccc(C(F)(F)F)cc2)CC1)c1ccccc1. The van der Waals surface area contributed by atoms with Gasteiger partial charge in [0.15, 0.2) is 0 Å². The number of piperidine rings is 1. The molecule has 4 nitrogen and oxygen atoms in total. The number of amides is 1. The number of nitrogens with zero attached hydrogens (tertiary/aromatic N) is 1. The molecule has 1 fully saturated rings. The number of halogens is 3. The maximum absolute atomic E-state index is 13.0. The summed E-state index contributed by atoms with van der Waals surface area (Å²) in [7, 11) is 0. The molecule has 1 amide bonds. The first-order chi connectivity index (χ1) is 14.2. The van der Waals surface area contributed by atoms with Crippen LogP contribution in [0.2, 0.25) is 0 Å². The van der Waals surface area contributed by atoms with E-state index >= 15 is 0 Å². The second-order valence-electron chi connectivity index (χ2n) is 7.57. The molecule has 1 heterocycles. The van der Waals surface area contributed by atoms with Crippen LogP contribution < -0.4 is 0 Å². The molecule has 0 aromatic heterocycles. The third-order valence-electron chi connectivity index (χ3n) is 5.34. The molecule has 2 aromatic rings. The largest absolute Gasteiger partial charge is 0.447 e. The highest BCUT2D eigenvalue weighted by Crippen LogP contribution is 2.30. The lowest BCUT2D eigenvalue weighted by Gasteiger charge is -2.34. The summed E-state index contributed by atoms with van der Waals surface area (Å²) in [5.74, 6) is -0.478. The van der Waals surface area contributed by atoms with Crippen molar-refractivity contribution >= 4 is 11.9 Å². The minimum Gasteiger partial charge on any atom is -0.447 e. The number of carbonyl (C=O) groups is 2. The fraction of sp³-hybridized carbons (Fsp3) is 0.391. The van der Waals surface area contributed by atoms with E-state index in [1.807, 2.05) is 6.07 Å². The zero-order chi connectivity index (χ0) is 21.7. The Bertz CT molecular complexity index is 858. The predicted molar refractivity (Wildman–Crippen MR) is 105 cm³/mol. The molecular formula is C23H24F3NO3. The smallest absolute Gasteiger partial charge is 0.416 e. The first-order valence-electron chi connectivity index (χ1n) is 9.91. The average molecular weight is 419 g/mol. The van der Waals surface area contributed by atoms with Gasteiger partial charge < -0.3 is 9.64 Å². The van der Waals surface area contributed by atoms with Crippen LogP contribution in [0.4, 0.5) is 13.2 Å². The van der Waals surface area contributed by atoms with Crippen LogP contribution in [-0.4, -0.2) is 29.9 Å². The number of rotatable bonds is 5. The lowest BCUT2D eigenvalue weighted by molar-refractivity contribution is -0.160. The van der Waals surface area contributed by atoms with E-state index in [1.54, 1.807) is 29.2 Å². The highest BCUT2D eigenvalue weighted by Gasteiger charge is 2.32. The molecule has 3 rings (SSSR count). The highest BCUT2D eigenvalue weighted by molar-refractivity contribution is 5.84. The van der Waals surface area contributed by atoms with Gasteiger partial charge in [0.2, 0.25) is 6.10 Å². The summed E-state index contributed by atoms with van der Waals surface area (Å²) < 4.78 is 43.4. The first kappa shape index (κ1) is 21.9. The van der Waals surface area contributed by atoms with Crippen LogP contribution in [0.5, 0.6) is 0 Å². The maximum atomic E-state index is 13.0. The van der Waals surface area contributed by atoms with Gasteiger partial charge in [-0.05, 0) is 42.9 Å². The quantitative estimate of drug-likeness (QED) is 0.655. The summed E-state index contributed by atoms with van der Waals surface area (Å²) in [6, 6.07) is 14.2. The number of carbonyl (C=O) groups excluding carboxylic acids is 2. The minimum atomic E-state index is -4.33. The van der Waals surface area contributed by atoms with Gasteiger partial charge in [-0.15, -0.1) is 0 Å². The predicted octanol–water partition coefficient (Wildman–Crippen LogP) is 4.79. The molecule has 0 bridgehead atoms. The van der Waals surface area contributed by atoms with Gasteiger partial charge in [-0.25, -0.2) is 0 Å². The van der Waals surface area contributed by atoms with Gasteiger partial charge >= 0.3 is 12.1 Å². The standard InChI is InChI=1S/C23H24F3NO3/c1-16(28)30-21(19-5-3-2-4-6-19)22(29)27-13-11-18(12-14-27)15-17-7-9-20(10-8-17)23(24,25)26/h2-10,18,21H,11-15H2,1H3. The van der Waals surface area contributed by atoms with E-state index in [0.29, 0.717) is 25.1 Å². The molecule has 0 aliphatic carbocycles. The van der Waals surface area contributed by atoms with E-state index in [4.69, 9.17) is 4.74 Å². The molecule has 0 spiro atoms. The van der Waals surface area contributed by atoms with E-state index in [-0.39, 0.29) is 11.8 Å². The molecule has 1 aliphatic rings. The Kier molecular flexibility index (Phi) is 6.80. The summed E-state index contributed by atoms with van der Waals surface area (Å²) in [4.78, 5) is 26.2. The molecule has 1 aliphatic heterocycles. The fourth-order valence-corrected chi connectivity index (χ4v) is 3.74. The van der Waals surface area contributed by atoms with Crippen molar-refractivity contribution in [2.24, 2.45) is 5.92 Å². The Hall–Kier alpha value is -2.83. The molecular weight excluding hydrogens is 395 g/mol. The Balaban J connectivity index is 1.58. The zero-order valence-electron chi connectivity index (χ0n) is 16.7. The number of benzene rings is 2. The van der Waals surface area contributed by atoms with Crippen molar-refractivity contribution in [2.45, 2.75) is 38.5 Å². The van der Waals surface area contributed by atoms with Gasteiger partial charge in [0.05, 0.1) is 5.56 Å². The van der Waals surface area contributed by atoms with Crippen molar-refractivity contribution in [2.75, 3.05) is 13.1 Å². The second kappa shape index (κ2) is 9.32. The Morgan fingerprint density at radius 3 is 2.17 bits per heavy atom. The normalized spacial score (nSPS) is 16.2. The summed E-state index contributed by atoms with van der Waals surface area (Å²) >= 11 is 0. The second-order valence-corrected chi connectivity index (χ2v) is 7.57. The van der Waals surface area contributed by atoms with Crippen molar-refractivity contribution in [1.29, 1.82) is 0 Å². The van der Waals surface area contributed by atoms with Crippen molar-refractivity contribution in [3.63, 3.8) is 0 Å². The third-order valence-corrected chi connectivity index (χ3v) is 5.34. The maximum Gasteiger partial charge on any atom is 0.416 e. The number of hydrogen-bond acceptors (Lipinski definition) is 3. The van der Waals surface area contributed by atoms with Crippen LogP contribution in [0.1, 0.15) is 42.6 Å². The van der Waals surface area contributed by atoms with Gasteiger partial charge in [0.25, 0.3) is 5.91 Å². The van der Waals surface area contributed by atoms with E-state index < -0.39 is 23.8 Å². The lowest BCUT2D eigenvalue weighted by atomic mass is 9.89. The zero-order valence-corrected chi connectivity index (χ0v) is 16.7. The Morgan fingerprint density at radius 2 is 1.63 bits per heavy atom. The number of esters is 1. The van der Waals surface area contributed by atoms with E-state index in [2.05, 4.69) is 0 Å².